The molecule has 0 aromatic rings. The molecule has 2 heterocycles. The highest BCUT2D eigenvalue weighted by Gasteiger charge is 2.42. The fourth-order valence-electron chi connectivity index (χ4n) is 2.95. The second-order valence-corrected chi connectivity index (χ2v) is 6.10. The summed E-state index contributed by atoms with van der Waals surface area (Å²) in [4.78, 5) is 26.0. The van der Waals surface area contributed by atoms with Crippen LogP contribution < -0.4 is 10.6 Å². The highest BCUT2D eigenvalue weighted by atomic mass is 19.3. The zero-order valence-electron chi connectivity index (χ0n) is 12.5. The van der Waals surface area contributed by atoms with Gasteiger partial charge in [-0.2, -0.15) is 0 Å². The Labute approximate surface area is 123 Å². The molecular formula is C14H23F2N3O2. The van der Waals surface area contributed by atoms with E-state index in [1.165, 1.54) is 0 Å². The number of amides is 2. The van der Waals surface area contributed by atoms with Gasteiger partial charge in [0, 0.05) is 19.0 Å². The molecule has 0 bridgehead atoms. The standard InChI is InChI=1S/C14H23F2N3O2/c1-9-5-3-4-6-19(9)13(21)10(2)18-12(20)11-7-14(15,16)8-17-11/h9-11,17H,3-8H2,1-2H3,(H,18,20). The molecule has 2 aliphatic heterocycles. The third-order valence-electron chi connectivity index (χ3n) is 4.24. The molecule has 2 aliphatic rings. The maximum atomic E-state index is 13.1. The van der Waals surface area contributed by atoms with E-state index in [0.29, 0.717) is 6.54 Å². The van der Waals surface area contributed by atoms with Crippen molar-refractivity contribution in [1.29, 1.82) is 0 Å². The minimum absolute atomic E-state index is 0.139. The molecule has 7 heteroatoms. The smallest absolute Gasteiger partial charge is 0.262 e. The Balaban J connectivity index is 1.87. The van der Waals surface area contributed by atoms with Crippen LogP contribution in [0.5, 0.6) is 0 Å². The van der Waals surface area contributed by atoms with E-state index in [2.05, 4.69) is 10.6 Å². The Hall–Kier alpha value is -1.24. The molecular weight excluding hydrogens is 280 g/mol. The highest BCUT2D eigenvalue weighted by Crippen LogP contribution is 2.25. The minimum Gasteiger partial charge on any atom is -0.343 e. The minimum atomic E-state index is -2.85. The van der Waals surface area contributed by atoms with Gasteiger partial charge in [-0.3, -0.25) is 14.9 Å². The maximum absolute atomic E-state index is 13.1. The number of hydrogen-bond donors (Lipinski definition) is 2. The molecule has 2 saturated heterocycles. The topological polar surface area (TPSA) is 61.4 Å². The summed E-state index contributed by atoms with van der Waals surface area (Å²) >= 11 is 0. The molecule has 0 aromatic heterocycles. The van der Waals surface area contributed by atoms with Crippen molar-refractivity contribution in [3.05, 3.63) is 0 Å². The summed E-state index contributed by atoms with van der Waals surface area (Å²) < 4.78 is 26.2. The number of hydrogen-bond acceptors (Lipinski definition) is 3. The van der Waals surface area contributed by atoms with Crippen molar-refractivity contribution in [2.75, 3.05) is 13.1 Å². The van der Waals surface area contributed by atoms with Crippen LogP contribution in [-0.2, 0) is 9.59 Å². The Morgan fingerprint density at radius 2 is 2.10 bits per heavy atom. The van der Waals surface area contributed by atoms with Gasteiger partial charge in [0.2, 0.25) is 11.8 Å². The average molecular weight is 303 g/mol. The molecule has 0 spiro atoms. The maximum Gasteiger partial charge on any atom is 0.262 e. The molecule has 21 heavy (non-hydrogen) atoms. The van der Waals surface area contributed by atoms with Crippen molar-refractivity contribution in [2.24, 2.45) is 0 Å². The summed E-state index contributed by atoms with van der Waals surface area (Å²) in [5, 5.41) is 5.04. The summed E-state index contributed by atoms with van der Waals surface area (Å²) in [6, 6.07) is -1.44. The van der Waals surface area contributed by atoms with Crippen molar-refractivity contribution in [3.8, 4) is 0 Å². The Morgan fingerprint density at radius 3 is 2.67 bits per heavy atom. The molecule has 3 atom stereocenters. The SMILES string of the molecule is CC(NC(=O)C1CC(F)(F)CN1)C(=O)N1CCCCC1C. The quantitative estimate of drug-likeness (QED) is 0.814. The van der Waals surface area contributed by atoms with E-state index in [1.807, 2.05) is 6.92 Å². The van der Waals surface area contributed by atoms with Gasteiger partial charge in [0.1, 0.15) is 6.04 Å². The van der Waals surface area contributed by atoms with E-state index in [-0.39, 0.29) is 11.9 Å². The van der Waals surface area contributed by atoms with E-state index in [0.717, 1.165) is 19.3 Å². The normalized spacial score (nSPS) is 30.0. The second kappa shape index (κ2) is 6.25. The van der Waals surface area contributed by atoms with Crippen LogP contribution in [0.3, 0.4) is 0 Å². The third kappa shape index (κ3) is 3.90. The van der Waals surface area contributed by atoms with Gasteiger partial charge in [0.25, 0.3) is 5.92 Å². The van der Waals surface area contributed by atoms with Crippen LogP contribution in [0.4, 0.5) is 8.78 Å². The number of nitrogens with zero attached hydrogens (tertiary/aromatic N) is 1. The van der Waals surface area contributed by atoms with Crippen molar-refractivity contribution >= 4 is 11.8 Å². The largest absolute Gasteiger partial charge is 0.343 e. The fraction of sp³-hybridized carbons (Fsp3) is 0.857. The van der Waals surface area contributed by atoms with Crippen molar-refractivity contribution < 1.29 is 18.4 Å². The molecule has 2 rings (SSSR count). The van der Waals surface area contributed by atoms with Crippen LogP contribution in [-0.4, -0.2) is 53.9 Å². The van der Waals surface area contributed by atoms with Crippen LogP contribution in [0, 0.1) is 0 Å². The summed E-state index contributed by atoms with van der Waals surface area (Å²) in [5.74, 6) is -3.52. The lowest BCUT2D eigenvalue weighted by atomic mass is 10.0. The molecule has 2 amide bonds. The van der Waals surface area contributed by atoms with E-state index in [9.17, 15) is 18.4 Å². The van der Waals surface area contributed by atoms with Gasteiger partial charge in [-0.05, 0) is 33.1 Å². The number of rotatable bonds is 3. The number of carbonyl (C=O) groups excluding carboxylic acids is 2. The van der Waals surface area contributed by atoms with Gasteiger partial charge in [-0.1, -0.05) is 0 Å². The fourth-order valence-corrected chi connectivity index (χ4v) is 2.95. The molecule has 0 saturated carbocycles. The van der Waals surface area contributed by atoms with E-state index in [1.54, 1.807) is 11.8 Å². The van der Waals surface area contributed by atoms with Gasteiger partial charge >= 0.3 is 0 Å². The zero-order chi connectivity index (χ0) is 15.6. The highest BCUT2D eigenvalue weighted by molar-refractivity contribution is 5.89. The molecule has 0 aliphatic carbocycles. The molecule has 0 radical (unpaired) electrons. The molecule has 0 aromatic carbocycles. The number of halogens is 2. The number of nitrogens with one attached hydrogen (secondary N) is 2. The summed E-state index contributed by atoms with van der Waals surface area (Å²) in [5.41, 5.74) is 0. The van der Waals surface area contributed by atoms with Crippen molar-refractivity contribution in [2.45, 2.75) is 63.6 Å². The first-order chi connectivity index (χ1) is 9.80. The average Bonchev–Trinajstić information content (AvgIpc) is 2.79. The van der Waals surface area contributed by atoms with Crippen LogP contribution in [0.1, 0.15) is 39.5 Å². The predicted molar refractivity (Wildman–Crippen MR) is 74.0 cm³/mol. The summed E-state index contributed by atoms with van der Waals surface area (Å²) in [6.45, 7) is 3.80. The number of likely N-dealkylation sites (tertiary alicyclic amines) is 1. The van der Waals surface area contributed by atoms with Crippen molar-refractivity contribution in [3.63, 3.8) is 0 Å². The molecule has 120 valence electrons. The predicted octanol–water partition coefficient (Wildman–Crippen LogP) is 0.889. The second-order valence-electron chi connectivity index (χ2n) is 6.10. The molecule has 2 N–H and O–H groups in total. The Kier molecular flexibility index (Phi) is 4.81. The first-order valence-electron chi connectivity index (χ1n) is 7.52. The van der Waals surface area contributed by atoms with E-state index >= 15 is 0 Å². The van der Waals surface area contributed by atoms with Gasteiger partial charge in [-0.15, -0.1) is 0 Å². The lowest BCUT2D eigenvalue weighted by molar-refractivity contribution is -0.139. The monoisotopic (exact) mass is 303 g/mol. The Bertz CT molecular complexity index is 417. The summed E-state index contributed by atoms with van der Waals surface area (Å²) in [7, 11) is 0. The number of piperidine rings is 1. The van der Waals surface area contributed by atoms with E-state index < -0.39 is 36.9 Å². The first kappa shape index (κ1) is 16.1. The van der Waals surface area contributed by atoms with Gasteiger partial charge < -0.3 is 10.2 Å². The van der Waals surface area contributed by atoms with Gasteiger partial charge in [0.05, 0.1) is 12.6 Å². The first-order valence-corrected chi connectivity index (χ1v) is 7.52. The van der Waals surface area contributed by atoms with Crippen molar-refractivity contribution in [1.82, 2.24) is 15.5 Å². The van der Waals surface area contributed by atoms with Crippen LogP contribution >= 0.6 is 0 Å². The zero-order valence-corrected chi connectivity index (χ0v) is 12.5. The number of carbonyl (C=O) groups is 2. The van der Waals surface area contributed by atoms with Crippen LogP contribution in [0.15, 0.2) is 0 Å². The summed E-state index contributed by atoms with van der Waals surface area (Å²) in [6.07, 6.45) is 2.52. The molecule has 2 fully saturated rings. The third-order valence-corrected chi connectivity index (χ3v) is 4.24. The number of alkyl halides is 2. The molecule has 5 nitrogen and oxygen atoms in total. The van der Waals surface area contributed by atoms with Crippen LogP contribution in [0.2, 0.25) is 0 Å². The van der Waals surface area contributed by atoms with Gasteiger partial charge in [-0.25, -0.2) is 8.78 Å². The molecule has 3 unspecified atom stereocenters. The van der Waals surface area contributed by atoms with Crippen LogP contribution in [0.25, 0.3) is 0 Å². The van der Waals surface area contributed by atoms with E-state index in [4.69, 9.17) is 0 Å². The lowest BCUT2D eigenvalue weighted by Gasteiger charge is -2.35. The lowest BCUT2D eigenvalue weighted by Crippen LogP contribution is -2.54. The van der Waals surface area contributed by atoms with Gasteiger partial charge in [0.15, 0.2) is 0 Å². The Morgan fingerprint density at radius 1 is 1.38 bits per heavy atom.